The maximum atomic E-state index is 11.1. The molecule has 0 aliphatic carbocycles. The van der Waals surface area contributed by atoms with Crippen molar-refractivity contribution < 1.29 is 28.3 Å². The number of halogens is 1. The molecule has 0 fully saturated rings. The smallest absolute Gasteiger partial charge is 0.298 e. The molecule has 2 aromatic rings. The van der Waals surface area contributed by atoms with E-state index in [1.54, 1.807) is 0 Å². The maximum Gasteiger partial charge on any atom is 0.298 e. The van der Waals surface area contributed by atoms with Crippen LogP contribution in [0.4, 0.5) is 11.4 Å². The molecule has 0 saturated carbocycles. The van der Waals surface area contributed by atoms with Crippen molar-refractivity contribution in [1.29, 1.82) is 0 Å². The first-order valence-corrected chi connectivity index (χ1v) is 7.44. The minimum Gasteiger partial charge on any atom is -0.508 e. The van der Waals surface area contributed by atoms with Crippen LogP contribution in [-0.2, 0) is 10.1 Å². The molecule has 0 atom stereocenters. The summed E-state index contributed by atoms with van der Waals surface area (Å²) in [4.78, 5) is -0.816. The van der Waals surface area contributed by atoms with Gasteiger partial charge in [0.2, 0.25) is 0 Å². The van der Waals surface area contributed by atoms with Crippen LogP contribution in [0.3, 0.4) is 0 Å². The van der Waals surface area contributed by atoms with Crippen LogP contribution in [0.25, 0.3) is 0 Å². The summed E-state index contributed by atoms with van der Waals surface area (Å²) in [6.07, 6.45) is 0. The maximum absolute atomic E-state index is 11.1. The van der Waals surface area contributed by atoms with Gasteiger partial charge in [0.15, 0.2) is 5.75 Å². The summed E-state index contributed by atoms with van der Waals surface area (Å²) in [7, 11) is -4.69. The molecule has 0 aliphatic rings. The zero-order valence-electron chi connectivity index (χ0n) is 11.7. The van der Waals surface area contributed by atoms with E-state index in [9.17, 15) is 18.6 Å². The molecule has 2 aromatic carbocycles. The molecule has 1 radical (unpaired) electrons. The van der Waals surface area contributed by atoms with Gasteiger partial charge in [-0.1, -0.05) is 11.6 Å². The largest absolute Gasteiger partial charge is 0.508 e. The number of azo groups is 1. The van der Waals surface area contributed by atoms with E-state index in [2.05, 4.69) is 10.2 Å². The average Bonchev–Trinajstić information content (AvgIpc) is 2.39. The van der Waals surface area contributed by atoms with Crippen LogP contribution in [0.5, 0.6) is 17.2 Å². The van der Waals surface area contributed by atoms with E-state index in [1.165, 1.54) is 12.1 Å². The Hall–Kier alpha value is -1.36. The minimum atomic E-state index is -4.69. The Balaban J connectivity index is 0.00000264. The summed E-state index contributed by atoms with van der Waals surface area (Å²) < 4.78 is 31.2. The van der Waals surface area contributed by atoms with Crippen molar-refractivity contribution in [1.82, 2.24) is 0 Å². The van der Waals surface area contributed by atoms with Crippen LogP contribution in [0.1, 0.15) is 0 Å². The molecule has 0 bridgehead atoms. The van der Waals surface area contributed by atoms with Crippen molar-refractivity contribution in [2.45, 2.75) is 4.90 Å². The van der Waals surface area contributed by atoms with Crippen molar-refractivity contribution in [2.24, 2.45) is 10.2 Å². The van der Waals surface area contributed by atoms with E-state index in [0.717, 1.165) is 18.2 Å². The third-order valence-corrected chi connectivity index (χ3v) is 3.61. The molecule has 8 nitrogen and oxygen atoms in total. The van der Waals surface area contributed by atoms with Crippen molar-refractivity contribution in [3.8, 4) is 17.2 Å². The molecule has 0 amide bonds. The van der Waals surface area contributed by atoms with Crippen LogP contribution < -0.4 is 0 Å². The standard InChI is InChI=1S/C12H9ClN2O6S.Na/c13-6-3-9(12(18)11(4-6)22(19,20)21)15-14-8-2-1-7(16)5-10(8)17;/h1-5,16-18H,(H,19,20,21);. The fourth-order valence-corrected chi connectivity index (χ4v) is 2.44. The minimum absolute atomic E-state index is 0. The second-order valence-corrected chi connectivity index (χ2v) is 5.95. The Kier molecular flexibility index (Phi) is 6.40. The predicted molar refractivity (Wildman–Crippen MR) is 82.6 cm³/mol. The van der Waals surface area contributed by atoms with Crippen LogP contribution >= 0.6 is 11.6 Å². The summed E-state index contributed by atoms with van der Waals surface area (Å²) >= 11 is 5.69. The fraction of sp³-hybridized carbons (Fsp3) is 0. The Morgan fingerprint density at radius 2 is 1.57 bits per heavy atom. The molecule has 0 heterocycles. The summed E-state index contributed by atoms with van der Waals surface area (Å²) in [6.45, 7) is 0. The zero-order valence-corrected chi connectivity index (χ0v) is 15.2. The molecule has 11 heteroatoms. The number of rotatable bonds is 3. The number of hydrogen-bond donors (Lipinski definition) is 4. The molecule has 117 valence electrons. The number of benzene rings is 2. The number of hydrogen-bond acceptors (Lipinski definition) is 7. The van der Waals surface area contributed by atoms with Gasteiger partial charge in [0.1, 0.15) is 27.8 Å². The van der Waals surface area contributed by atoms with Crippen molar-refractivity contribution >= 4 is 62.7 Å². The van der Waals surface area contributed by atoms with Gasteiger partial charge in [0.05, 0.1) is 0 Å². The Bertz CT molecular complexity index is 872. The van der Waals surface area contributed by atoms with Crippen LogP contribution in [-0.4, -0.2) is 57.8 Å². The van der Waals surface area contributed by atoms with E-state index in [-0.39, 0.29) is 57.5 Å². The second kappa shape index (κ2) is 7.47. The quantitative estimate of drug-likeness (QED) is 0.373. The first-order valence-electron chi connectivity index (χ1n) is 5.62. The summed E-state index contributed by atoms with van der Waals surface area (Å²) in [5, 5.41) is 35.6. The second-order valence-electron chi connectivity index (χ2n) is 4.12. The van der Waals surface area contributed by atoms with Gasteiger partial charge in [0.25, 0.3) is 10.1 Å². The number of nitrogens with zero attached hydrogens (tertiary/aromatic N) is 2. The van der Waals surface area contributed by atoms with E-state index in [4.69, 9.17) is 21.3 Å². The van der Waals surface area contributed by atoms with Gasteiger partial charge in [-0.05, 0) is 24.3 Å². The van der Waals surface area contributed by atoms with E-state index < -0.39 is 20.8 Å². The van der Waals surface area contributed by atoms with E-state index in [0.29, 0.717) is 0 Å². The molecule has 23 heavy (non-hydrogen) atoms. The summed E-state index contributed by atoms with van der Waals surface area (Å²) in [5.74, 6) is -1.40. The Morgan fingerprint density at radius 1 is 0.957 bits per heavy atom. The van der Waals surface area contributed by atoms with Crippen LogP contribution in [0.2, 0.25) is 5.02 Å². The topological polar surface area (TPSA) is 140 Å². The van der Waals surface area contributed by atoms with E-state index in [1.807, 2.05) is 0 Å². The number of aromatic hydroxyl groups is 3. The number of phenolic OH excluding ortho intramolecular Hbond substituents is 3. The molecule has 0 aromatic heterocycles. The molecule has 0 saturated heterocycles. The Morgan fingerprint density at radius 3 is 2.13 bits per heavy atom. The third-order valence-electron chi connectivity index (χ3n) is 2.52. The van der Waals surface area contributed by atoms with Crippen molar-refractivity contribution in [3.63, 3.8) is 0 Å². The third kappa shape index (κ3) is 4.80. The Labute approximate surface area is 158 Å². The van der Waals surface area contributed by atoms with Gasteiger partial charge in [-0.2, -0.15) is 8.42 Å². The van der Waals surface area contributed by atoms with Crippen molar-refractivity contribution in [3.05, 3.63) is 35.4 Å². The van der Waals surface area contributed by atoms with Crippen molar-refractivity contribution in [2.75, 3.05) is 0 Å². The molecule has 4 N–H and O–H groups in total. The normalized spacial score (nSPS) is 11.4. The van der Waals surface area contributed by atoms with Gasteiger partial charge in [0, 0.05) is 40.6 Å². The molecule has 0 aliphatic heterocycles. The zero-order chi connectivity index (χ0) is 16.5. The molecular weight excluding hydrogens is 359 g/mol. The molecule has 0 spiro atoms. The van der Waals surface area contributed by atoms with Crippen LogP contribution in [0, 0.1) is 0 Å². The van der Waals surface area contributed by atoms with Gasteiger partial charge in [-0.15, -0.1) is 10.2 Å². The van der Waals surface area contributed by atoms with Gasteiger partial charge < -0.3 is 15.3 Å². The van der Waals surface area contributed by atoms with Gasteiger partial charge >= 0.3 is 0 Å². The average molecular weight is 368 g/mol. The molecule has 0 unspecified atom stereocenters. The van der Waals surface area contributed by atoms with E-state index >= 15 is 0 Å². The number of phenols is 3. The predicted octanol–water partition coefficient (Wildman–Crippen LogP) is 2.74. The first kappa shape index (κ1) is 19.7. The van der Waals surface area contributed by atoms with Gasteiger partial charge in [-0.25, -0.2) is 0 Å². The van der Waals surface area contributed by atoms with Gasteiger partial charge in [-0.3, -0.25) is 4.55 Å². The van der Waals surface area contributed by atoms with Crippen LogP contribution in [0.15, 0.2) is 45.5 Å². The SMILES string of the molecule is O=S(=O)(O)c1cc(Cl)cc(N=Nc2ccc(O)cc2O)c1O.[Na]. The summed E-state index contributed by atoms with van der Waals surface area (Å²) in [6, 6.07) is 5.49. The fourth-order valence-electron chi connectivity index (χ4n) is 1.54. The molecular formula is C12H9ClN2NaO6S. The first-order chi connectivity index (χ1) is 10.2. The summed E-state index contributed by atoms with van der Waals surface area (Å²) in [5.41, 5.74) is -0.363. The molecule has 2 rings (SSSR count). The monoisotopic (exact) mass is 367 g/mol.